The molecule has 1 aromatic carbocycles. The molecule has 142 valence electrons. The van der Waals surface area contributed by atoms with Gasteiger partial charge in [0.05, 0.1) is 11.7 Å². The Balaban J connectivity index is 1.97. The zero-order chi connectivity index (χ0) is 19.6. The molecule has 0 radical (unpaired) electrons. The van der Waals surface area contributed by atoms with Gasteiger partial charge in [-0.05, 0) is 18.9 Å². The molecule has 0 saturated heterocycles. The minimum atomic E-state index is -0.433. The standard InChI is InChI=1S/C19H23N5O2S/c1-4-10-24-16(20)15(17(25)23(3)19(24)26)14-11-27-18(22-14)21-12(2)13-8-6-5-7-9-13/h5-9,11-12H,4,10,20H2,1-3H3,(H,21,22). The second-order valence-corrected chi connectivity index (χ2v) is 7.23. The van der Waals surface area contributed by atoms with Crippen molar-refractivity contribution in [3.05, 3.63) is 62.1 Å². The molecule has 1 unspecified atom stereocenters. The van der Waals surface area contributed by atoms with Gasteiger partial charge in [0.25, 0.3) is 5.56 Å². The molecule has 0 saturated carbocycles. The summed E-state index contributed by atoms with van der Waals surface area (Å²) < 4.78 is 2.51. The van der Waals surface area contributed by atoms with E-state index in [4.69, 9.17) is 5.73 Å². The predicted molar refractivity (Wildman–Crippen MR) is 110 cm³/mol. The summed E-state index contributed by atoms with van der Waals surface area (Å²) in [6, 6.07) is 10.1. The lowest BCUT2D eigenvalue weighted by Crippen LogP contribution is -2.40. The Labute approximate surface area is 161 Å². The number of nitrogens with zero attached hydrogens (tertiary/aromatic N) is 3. The fourth-order valence-corrected chi connectivity index (χ4v) is 3.72. The lowest BCUT2D eigenvalue weighted by atomic mass is 10.1. The van der Waals surface area contributed by atoms with E-state index in [-0.39, 0.29) is 17.4 Å². The first-order chi connectivity index (χ1) is 12.9. The fourth-order valence-electron chi connectivity index (χ4n) is 2.93. The van der Waals surface area contributed by atoms with Crippen LogP contribution in [0.5, 0.6) is 0 Å². The van der Waals surface area contributed by atoms with Crippen molar-refractivity contribution in [1.82, 2.24) is 14.1 Å². The van der Waals surface area contributed by atoms with Crippen molar-refractivity contribution < 1.29 is 0 Å². The Morgan fingerprint density at radius 1 is 1.26 bits per heavy atom. The van der Waals surface area contributed by atoms with Crippen LogP contribution in [0.2, 0.25) is 0 Å². The molecule has 0 aliphatic heterocycles. The number of hydrogen-bond donors (Lipinski definition) is 2. The van der Waals surface area contributed by atoms with E-state index >= 15 is 0 Å². The van der Waals surface area contributed by atoms with Crippen molar-refractivity contribution in [2.75, 3.05) is 11.1 Å². The molecular weight excluding hydrogens is 362 g/mol. The molecule has 27 heavy (non-hydrogen) atoms. The summed E-state index contributed by atoms with van der Waals surface area (Å²) in [7, 11) is 1.46. The molecule has 0 aliphatic carbocycles. The van der Waals surface area contributed by atoms with Crippen LogP contribution in [0.15, 0.2) is 45.3 Å². The van der Waals surface area contributed by atoms with Crippen LogP contribution in [0.25, 0.3) is 11.3 Å². The predicted octanol–water partition coefficient (Wildman–Crippen LogP) is 2.84. The van der Waals surface area contributed by atoms with Crippen LogP contribution >= 0.6 is 11.3 Å². The third kappa shape index (κ3) is 3.66. The first kappa shape index (κ1) is 18.9. The van der Waals surface area contributed by atoms with E-state index in [0.29, 0.717) is 17.4 Å². The quantitative estimate of drug-likeness (QED) is 0.680. The van der Waals surface area contributed by atoms with E-state index in [1.807, 2.05) is 44.2 Å². The Morgan fingerprint density at radius 2 is 1.96 bits per heavy atom. The number of nitrogen functional groups attached to an aromatic ring is 1. The summed E-state index contributed by atoms with van der Waals surface area (Å²) in [6.45, 7) is 4.45. The van der Waals surface area contributed by atoms with Crippen molar-refractivity contribution in [1.29, 1.82) is 0 Å². The van der Waals surface area contributed by atoms with E-state index in [9.17, 15) is 9.59 Å². The Kier molecular flexibility index (Phi) is 5.46. The monoisotopic (exact) mass is 385 g/mol. The Morgan fingerprint density at radius 3 is 2.63 bits per heavy atom. The SMILES string of the molecule is CCCn1c(N)c(-c2csc(NC(C)c3ccccc3)n2)c(=O)n(C)c1=O. The maximum absolute atomic E-state index is 12.6. The topological polar surface area (TPSA) is 94.9 Å². The van der Waals surface area contributed by atoms with Gasteiger partial charge in [0.1, 0.15) is 11.4 Å². The van der Waals surface area contributed by atoms with Crippen LogP contribution in [0.1, 0.15) is 31.9 Å². The molecule has 0 amide bonds. The minimum absolute atomic E-state index is 0.0689. The maximum Gasteiger partial charge on any atom is 0.332 e. The molecule has 0 aliphatic rings. The van der Waals surface area contributed by atoms with E-state index < -0.39 is 11.2 Å². The van der Waals surface area contributed by atoms with Gasteiger partial charge in [0, 0.05) is 19.0 Å². The summed E-state index contributed by atoms with van der Waals surface area (Å²) in [5.41, 5.74) is 7.21. The first-order valence-electron chi connectivity index (χ1n) is 8.80. The van der Waals surface area contributed by atoms with E-state index in [1.165, 1.54) is 23.0 Å². The van der Waals surface area contributed by atoms with Crippen LogP contribution in [0.4, 0.5) is 10.9 Å². The Hall–Kier alpha value is -2.87. The average Bonchev–Trinajstić information content (AvgIpc) is 3.12. The van der Waals surface area contributed by atoms with Crippen molar-refractivity contribution in [3.8, 4) is 11.3 Å². The van der Waals surface area contributed by atoms with Crippen molar-refractivity contribution >= 4 is 22.3 Å². The van der Waals surface area contributed by atoms with Crippen LogP contribution in [-0.4, -0.2) is 14.1 Å². The number of rotatable bonds is 6. The molecule has 0 fully saturated rings. The molecular formula is C19H23N5O2S. The van der Waals surface area contributed by atoms with Gasteiger partial charge in [0.2, 0.25) is 0 Å². The molecule has 2 aromatic heterocycles. The summed E-state index contributed by atoms with van der Waals surface area (Å²) in [4.78, 5) is 29.5. The number of thiazole rings is 1. The van der Waals surface area contributed by atoms with E-state index in [0.717, 1.165) is 16.6 Å². The highest BCUT2D eigenvalue weighted by Crippen LogP contribution is 2.28. The van der Waals surface area contributed by atoms with Crippen molar-refractivity contribution in [2.24, 2.45) is 7.05 Å². The lowest BCUT2D eigenvalue weighted by Gasteiger charge is -2.14. The van der Waals surface area contributed by atoms with Gasteiger partial charge in [-0.25, -0.2) is 9.78 Å². The summed E-state index contributed by atoms with van der Waals surface area (Å²) in [6.07, 6.45) is 0.736. The molecule has 1 atom stereocenters. The molecule has 8 heteroatoms. The molecule has 0 bridgehead atoms. The summed E-state index contributed by atoms with van der Waals surface area (Å²) >= 11 is 1.40. The molecule has 3 rings (SSSR count). The fraction of sp³-hybridized carbons (Fsp3) is 0.316. The van der Waals surface area contributed by atoms with Crippen LogP contribution in [-0.2, 0) is 13.6 Å². The van der Waals surface area contributed by atoms with Gasteiger partial charge in [-0.2, -0.15) is 0 Å². The zero-order valence-electron chi connectivity index (χ0n) is 15.6. The maximum atomic E-state index is 12.6. The van der Waals surface area contributed by atoms with Crippen LogP contribution < -0.4 is 22.3 Å². The zero-order valence-corrected chi connectivity index (χ0v) is 16.4. The number of nitrogens with one attached hydrogen (secondary N) is 1. The summed E-state index contributed by atoms with van der Waals surface area (Å²) in [5, 5.41) is 5.82. The van der Waals surface area contributed by atoms with Gasteiger partial charge in [-0.1, -0.05) is 37.3 Å². The van der Waals surface area contributed by atoms with Crippen LogP contribution in [0, 0.1) is 0 Å². The third-order valence-corrected chi connectivity index (χ3v) is 5.20. The van der Waals surface area contributed by atoms with Crippen molar-refractivity contribution in [3.63, 3.8) is 0 Å². The van der Waals surface area contributed by atoms with Gasteiger partial charge in [0.15, 0.2) is 5.13 Å². The van der Waals surface area contributed by atoms with E-state index in [1.54, 1.807) is 5.38 Å². The van der Waals surface area contributed by atoms with E-state index in [2.05, 4.69) is 10.3 Å². The highest BCUT2D eigenvalue weighted by Gasteiger charge is 2.19. The lowest BCUT2D eigenvalue weighted by molar-refractivity contribution is 0.600. The second kappa shape index (κ2) is 7.79. The number of benzene rings is 1. The third-order valence-electron chi connectivity index (χ3n) is 4.43. The van der Waals surface area contributed by atoms with Gasteiger partial charge >= 0.3 is 5.69 Å². The number of hydrogen-bond acceptors (Lipinski definition) is 6. The normalized spacial score (nSPS) is 12.1. The minimum Gasteiger partial charge on any atom is -0.384 e. The summed E-state index contributed by atoms with van der Waals surface area (Å²) in [5.74, 6) is 0.165. The average molecular weight is 385 g/mol. The van der Waals surface area contributed by atoms with Gasteiger partial charge in [-0.15, -0.1) is 11.3 Å². The van der Waals surface area contributed by atoms with Crippen molar-refractivity contribution in [2.45, 2.75) is 32.9 Å². The molecule has 3 N–H and O–H groups in total. The second-order valence-electron chi connectivity index (χ2n) is 6.37. The first-order valence-corrected chi connectivity index (χ1v) is 9.68. The smallest absolute Gasteiger partial charge is 0.332 e. The molecule has 2 heterocycles. The largest absolute Gasteiger partial charge is 0.384 e. The van der Waals surface area contributed by atoms with Gasteiger partial charge < -0.3 is 11.1 Å². The Bertz CT molecular complexity index is 1050. The number of anilines is 2. The molecule has 3 aromatic rings. The molecule has 0 spiro atoms. The highest BCUT2D eigenvalue weighted by atomic mass is 32.1. The van der Waals surface area contributed by atoms with Gasteiger partial charge in [-0.3, -0.25) is 13.9 Å². The number of aromatic nitrogens is 3. The number of nitrogens with two attached hydrogens (primary N) is 1. The highest BCUT2D eigenvalue weighted by molar-refractivity contribution is 7.14. The van der Waals surface area contributed by atoms with Crippen LogP contribution in [0.3, 0.4) is 0 Å². The molecule has 7 nitrogen and oxygen atoms in total.